The number of halogens is 1. The van der Waals surface area contributed by atoms with Crippen molar-refractivity contribution in [2.45, 2.75) is 37.5 Å². The Hall–Kier alpha value is -2.78. The van der Waals surface area contributed by atoms with Gasteiger partial charge in [-0.3, -0.25) is 9.59 Å². The summed E-state index contributed by atoms with van der Waals surface area (Å²) in [6.45, 7) is 0.804. The Morgan fingerprint density at radius 1 is 1.15 bits per heavy atom. The normalized spacial score (nSPS) is 15.8. The second-order valence-corrected chi connectivity index (χ2v) is 10.3. The number of nitrogens with one attached hydrogen (secondary N) is 1. The summed E-state index contributed by atoms with van der Waals surface area (Å²) >= 11 is 6.38. The van der Waals surface area contributed by atoms with E-state index < -0.39 is 11.9 Å². The van der Waals surface area contributed by atoms with Gasteiger partial charge < -0.3 is 26.2 Å². The standard InChI is InChI=1S/C29H30ClN3O5.Na.H/c1-33(2)27-18(7-10-24(32-27)17-3-4-17)11-13-31-28(34)19-5-8-20(9-6-19)38-26-16-25-22(15-23(26)30)21(29(35)36)12-14-37-25;;/h5-10,15-17,21H,3-4,11-14H2,1-2H3,(H,31,34)(H,35,36);;/q;+1;-1. The van der Waals surface area contributed by atoms with Crippen molar-refractivity contribution in [2.24, 2.45) is 0 Å². The summed E-state index contributed by atoms with van der Waals surface area (Å²) in [5.74, 6) is 1.10. The van der Waals surface area contributed by atoms with Gasteiger partial charge in [-0.05, 0) is 67.6 Å². The molecule has 2 N–H and O–H groups in total. The number of rotatable bonds is 9. The Morgan fingerprint density at radius 2 is 1.90 bits per heavy atom. The van der Waals surface area contributed by atoms with E-state index in [9.17, 15) is 14.7 Å². The third kappa shape index (κ3) is 6.87. The average molecular weight is 560 g/mol. The number of aromatic nitrogens is 1. The second kappa shape index (κ2) is 12.6. The molecule has 1 aliphatic heterocycles. The zero-order valence-electron chi connectivity index (χ0n) is 23.4. The molecule has 0 spiro atoms. The molecule has 2 aromatic carbocycles. The number of anilines is 1. The predicted octanol–water partition coefficient (Wildman–Crippen LogP) is 2.51. The smallest absolute Gasteiger partial charge is 1.00 e. The largest absolute Gasteiger partial charge is 1.00 e. The number of fused-ring (bicyclic) bond motifs is 1. The van der Waals surface area contributed by atoms with Crippen molar-refractivity contribution in [1.82, 2.24) is 10.3 Å². The molecule has 39 heavy (non-hydrogen) atoms. The van der Waals surface area contributed by atoms with Gasteiger partial charge in [0.25, 0.3) is 5.91 Å². The fourth-order valence-corrected chi connectivity index (χ4v) is 4.83. The predicted molar refractivity (Wildman–Crippen MR) is 146 cm³/mol. The van der Waals surface area contributed by atoms with Crippen LogP contribution in [0.5, 0.6) is 17.2 Å². The van der Waals surface area contributed by atoms with Crippen LogP contribution >= 0.6 is 11.6 Å². The number of carboxylic acids is 1. The maximum absolute atomic E-state index is 12.7. The number of benzene rings is 2. The van der Waals surface area contributed by atoms with Gasteiger partial charge in [0.15, 0.2) is 0 Å². The molecule has 8 nitrogen and oxygen atoms in total. The monoisotopic (exact) mass is 559 g/mol. The van der Waals surface area contributed by atoms with Gasteiger partial charge in [0, 0.05) is 49.4 Å². The van der Waals surface area contributed by atoms with Crippen molar-refractivity contribution >= 4 is 29.3 Å². The topological polar surface area (TPSA) is 101 Å². The van der Waals surface area contributed by atoms with Crippen LogP contribution in [0.3, 0.4) is 0 Å². The number of hydrogen-bond acceptors (Lipinski definition) is 6. The van der Waals surface area contributed by atoms with Crippen molar-refractivity contribution in [2.75, 3.05) is 32.1 Å². The Balaban J connectivity index is 0.00000220. The molecule has 1 saturated carbocycles. The molecular weight excluding hydrogens is 529 g/mol. The van der Waals surface area contributed by atoms with Crippen molar-refractivity contribution in [3.05, 3.63) is 75.9 Å². The zero-order chi connectivity index (χ0) is 26.8. The van der Waals surface area contributed by atoms with Crippen molar-refractivity contribution in [3.63, 3.8) is 0 Å². The summed E-state index contributed by atoms with van der Waals surface area (Å²) in [4.78, 5) is 31.1. The fourth-order valence-electron chi connectivity index (χ4n) is 4.62. The van der Waals surface area contributed by atoms with Crippen LogP contribution in [-0.4, -0.2) is 49.2 Å². The SMILES string of the molecule is CN(C)c1nc(C2CC2)ccc1CCNC(=O)c1ccc(Oc2cc3c(cc2Cl)C(C(=O)O)CCO3)cc1.[H-].[Na+]. The zero-order valence-corrected chi connectivity index (χ0v) is 25.1. The van der Waals surface area contributed by atoms with E-state index in [4.69, 9.17) is 26.1 Å². The van der Waals surface area contributed by atoms with Gasteiger partial charge in [0.1, 0.15) is 23.1 Å². The minimum Gasteiger partial charge on any atom is -1.00 e. The number of ether oxygens (including phenoxy) is 2. The van der Waals surface area contributed by atoms with Gasteiger partial charge in [-0.15, -0.1) is 0 Å². The van der Waals surface area contributed by atoms with Crippen LogP contribution in [0.25, 0.3) is 0 Å². The van der Waals surface area contributed by atoms with Crippen molar-refractivity contribution in [3.8, 4) is 17.2 Å². The first-order valence-electron chi connectivity index (χ1n) is 12.7. The molecule has 2 aliphatic rings. The molecule has 5 rings (SSSR count). The van der Waals surface area contributed by atoms with Crippen molar-refractivity contribution in [1.29, 1.82) is 0 Å². The number of amides is 1. The molecule has 0 saturated heterocycles. The minimum absolute atomic E-state index is 0. The quantitative estimate of drug-likeness (QED) is 0.389. The van der Waals surface area contributed by atoms with E-state index >= 15 is 0 Å². The fraction of sp³-hybridized carbons (Fsp3) is 0.345. The first-order chi connectivity index (χ1) is 18.3. The maximum Gasteiger partial charge on any atom is 1.00 e. The summed E-state index contributed by atoms with van der Waals surface area (Å²) in [5, 5.41) is 12.7. The first kappa shape index (κ1) is 29.2. The maximum atomic E-state index is 12.7. The molecule has 3 aromatic rings. The molecule has 1 amide bonds. The summed E-state index contributed by atoms with van der Waals surface area (Å²) in [5.41, 5.74) is 3.30. The van der Waals surface area contributed by atoms with E-state index in [0.717, 1.165) is 17.1 Å². The Bertz CT molecular complexity index is 1370. The summed E-state index contributed by atoms with van der Waals surface area (Å²) in [6, 6.07) is 14.2. The van der Waals surface area contributed by atoms with Gasteiger partial charge in [-0.25, -0.2) is 4.98 Å². The summed E-state index contributed by atoms with van der Waals surface area (Å²) in [7, 11) is 3.98. The number of aliphatic carboxylic acids is 1. The molecular formula is C29H31ClN3NaO5. The van der Waals surface area contributed by atoms with Gasteiger partial charge in [-0.1, -0.05) is 17.7 Å². The van der Waals surface area contributed by atoms with Crippen LogP contribution in [-0.2, 0) is 11.2 Å². The van der Waals surface area contributed by atoms with Crippen LogP contribution in [0.2, 0.25) is 5.02 Å². The van der Waals surface area contributed by atoms with E-state index in [1.807, 2.05) is 19.0 Å². The van der Waals surface area contributed by atoms with Crippen LogP contribution in [0.1, 0.15) is 59.7 Å². The van der Waals surface area contributed by atoms with E-state index in [0.29, 0.717) is 65.3 Å². The second-order valence-electron chi connectivity index (χ2n) is 9.87. The summed E-state index contributed by atoms with van der Waals surface area (Å²) < 4.78 is 11.5. The van der Waals surface area contributed by atoms with Crippen LogP contribution in [0.15, 0.2) is 48.5 Å². The third-order valence-electron chi connectivity index (χ3n) is 6.82. The number of carboxylic acid groups (broad SMARTS) is 1. The Morgan fingerprint density at radius 3 is 2.56 bits per heavy atom. The van der Waals surface area contributed by atoms with E-state index in [2.05, 4.69) is 17.4 Å². The minimum atomic E-state index is -0.908. The van der Waals surface area contributed by atoms with E-state index in [-0.39, 0.29) is 36.9 Å². The molecule has 0 radical (unpaired) electrons. The Labute approximate surface area is 256 Å². The molecule has 1 atom stereocenters. The third-order valence-corrected chi connectivity index (χ3v) is 7.12. The molecule has 200 valence electrons. The van der Waals surface area contributed by atoms with Gasteiger partial charge in [0.2, 0.25) is 0 Å². The van der Waals surface area contributed by atoms with Crippen molar-refractivity contribution < 1.29 is 55.2 Å². The number of nitrogens with zero attached hydrogens (tertiary/aromatic N) is 2. The molecule has 10 heteroatoms. The number of pyridine rings is 1. The van der Waals surface area contributed by atoms with Crippen LogP contribution in [0.4, 0.5) is 5.82 Å². The summed E-state index contributed by atoms with van der Waals surface area (Å²) in [6.07, 6.45) is 3.49. The molecule has 1 unspecified atom stereocenters. The van der Waals surface area contributed by atoms with Crippen LogP contribution < -0.4 is 49.2 Å². The average Bonchev–Trinajstić information content (AvgIpc) is 3.75. The molecule has 1 fully saturated rings. The van der Waals surface area contributed by atoms with E-state index in [1.54, 1.807) is 36.4 Å². The number of carbonyl (C=O) groups is 2. The van der Waals surface area contributed by atoms with Gasteiger partial charge in [0.05, 0.1) is 17.5 Å². The van der Waals surface area contributed by atoms with Crippen LogP contribution in [0, 0.1) is 0 Å². The first-order valence-corrected chi connectivity index (χ1v) is 13.1. The molecule has 1 aromatic heterocycles. The molecule has 0 bridgehead atoms. The van der Waals surface area contributed by atoms with E-state index in [1.165, 1.54) is 12.8 Å². The molecule has 1 aliphatic carbocycles. The van der Waals surface area contributed by atoms with Gasteiger partial charge in [-0.2, -0.15) is 0 Å². The number of carbonyl (C=O) groups excluding carboxylic acids is 1. The Kier molecular flexibility index (Phi) is 9.43. The number of hydrogen-bond donors (Lipinski definition) is 2. The molecule has 2 heterocycles. The van der Waals surface area contributed by atoms with Gasteiger partial charge >= 0.3 is 35.5 Å².